The van der Waals surface area contributed by atoms with E-state index in [0.29, 0.717) is 12.7 Å². The van der Waals surface area contributed by atoms with Crippen molar-refractivity contribution in [1.82, 2.24) is 14.9 Å². The summed E-state index contributed by atoms with van der Waals surface area (Å²) < 4.78 is 100. The van der Waals surface area contributed by atoms with E-state index in [9.17, 15) is 39.9 Å². The Bertz CT molecular complexity index is 473. The van der Waals surface area contributed by atoms with Gasteiger partial charge in [-0.3, -0.25) is 10.2 Å². The molecule has 0 aliphatic rings. The molecule has 0 spiro atoms. The summed E-state index contributed by atoms with van der Waals surface area (Å²) in [5.74, 6) is -22.0. The molecule has 1 amide bonds. The lowest BCUT2D eigenvalue weighted by molar-refractivity contribution is -0.326. The normalized spacial score (nSPS) is 13.7. The second kappa shape index (κ2) is 4.86. The van der Waals surface area contributed by atoms with Gasteiger partial charge in [-0.05, 0) is 0 Å². The van der Waals surface area contributed by atoms with Crippen molar-refractivity contribution in [2.75, 3.05) is 5.43 Å². The van der Waals surface area contributed by atoms with Gasteiger partial charge in [-0.1, -0.05) is 0 Å². The van der Waals surface area contributed by atoms with E-state index in [2.05, 4.69) is 10.2 Å². The van der Waals surface area contributed by atoms with Gasteiger partial charge in [0.1, 0.15) is 12.7 Å². The number of alkyl halides is 8. The number of nitrogens with one attached hydrogen (secondary N) is 1. The van der Waals surface area contributed by atoms with Crippen LogP contribution in [0.2, 0.25) is 0 Å². The van der Waals surface area contributed by atoms with Crippen LogP contribution in [0.4, 0.5) is 35.1 Å². The van der Waals surface area contributed by atoms with Crippen molar-refractivity contribution in [1.29, 1.82) is 0 Å². The van der Waals surface area contributed by atoms with Crippen LogP contribution in [0.1, 0.15) is 0 Å². The Morgan fingerprint density at radius 3 is 1.90 bits per heavy atom. The van der Waals surface area contributed by atoms with E-state index in [-0.39, 0.29) is 4.68 Å². The van der Waals surface area contributed by atoms with E-state index in [0.717, 1.165) is 5.43 Å². The summed E-state index contributed by atoms with van der Waals surface area (Å²) >= 11 is 0. The summed E-state index contributed by atoms with van der Waals surface area (Å²) in [5, 5.41) is 5.99. The van der Waals surface area contributed by atoms with Gasteiger partial charge in [0.05, 0.1) is 0 Å². The van der Waals surface area contributed by atoms with Crippen molar-refractivity contribution in [3.63, 3.8) is 0 Å². The van der Waals surface area contributed by atoms with Gasteiger partial charge in [0.2, 0.25) is 0 Å². The highest BCUT2D eigenvalue weighted by atomic mass is 19.4. The molecule has 0 radical (unpaired) electrons. The Kier molecular flexibility index (Phi) is 3.92. The highest BCUT2D eigenvalue weighted by Gasteiger charge is 2.78. The maximum absolute atomic E-state index is 13.0. The van der Waals surface area contributed by atoms with Crippen LogP contribution in [0, 0.1) is 0 Å². The number of nitrogens with zero attached hydrogens (tertiary/aromatic N) is 3. The minimum absolute atomic E-state index is 0.243. The Hall–Kier alpha value is -1.95. The number of carbonyl (C=O) groups excluding carboxylic acids is 1. The molecule has 1 heterocycles. The third kappa shape index (κ3) is 2.38. The first-order chi connectivity index (χ1) is 8.94. The van der Waals surface area contributed by atoms with Crippen molar-refractivity contribution in [2.45, 2.75) is 24.2 Å². The van der Waals surface area contributed by atoms with Crippen molar-refractivity contribution >= 4 is 5.91 Å². The van der Waals surface area contributed by atoms with E-state index in [1.54, 1.807) is 0 Å². The van der Waals surface area contributed by atoms with Crippen LogP contribution in [-0.2, 0) is 4.79 Å². The molecule has 0 saturated carbocycles. The average Bonchev–Trinajstić information content (AvgIpc) is 2.80. The van der Waals surface area contributed by atoms with Gasteiger partial charge in [0.25, 0.3) is 0 Å². The first-order valence-electron chi connectivity index (χ1n) is 4.52. The van der Waals surface area contributed by atoms with Gasteiger partial charge in [0, 0.05) is 0 Å². The topological polar surface area (TPSA) is 59.8 Å². The Balaban J connectivity index is 3.04. The lowest BCUT2D eigenvalue weighted by Crippen LogP contribution is -2.62. The SMILES string of the molecule is O=C(Nn1cnnc1)C(F)(F)C(F)(F)C(F)(F)C(F)F. The fourth-order valence-electron chi connectivity index (χ4n) is 0.935. The summed E-state index contributed by atoms with van der Waals surface area (Å²) in [7, 11) is 0. The van der Waals surface area contributed by atoms with Gasteiger partial charge in [-0.2, -0.15) is 26.3 Å². The van der Waals surface area contributed by atoms with E-state index in [1.807, 2.05) is 0 Å². The van der Waals surface area contributed by atoms with Crippen LogP contribution in [0.5, 0.6) is 0 Å². The van der Waals surface area contributed by atoms with Gasteiger partial charge in [-0.25, -0.2) is 13.5 Å². The van der Waals surface area contributed by atoms with Crippen molar-refractivity contribution in [3.05, 3.63) is 12.7 Å². The minimum Gasteiger partial charge on any atom is -0.266 e. The number of aromatic nitrogens is 3. The predicted molar refractivity (Wildman–Crippen MR) is 45.2 cm³/mol. The van der Waals surface area contributed by atoms with Crippen molar-refractivity contribution < 1.29 is 39.9 Å². The zero-order chi connectivity index (χ0) is 15.8. The molecule has 0 aromatic carbocycles. The molecule has 1 aromatic rings. The fourth-order valence-corrected chi connectivity index (χ4v) is 0.935. The van der Waals surface area contributed by atoms with Gasteiger partial charge in [-0.15, -0.1) is 10.2 Å². The quantitative estimate of drug-likeness (QED) is 0.839. The second-order valence-electron chi connectivity index (χ2n) is 3.38. The molecule has 0 aliphatic carbocycles. The molecule has 13 heteroatoms. The van der Waals surface area contributed by atoms with Gasteiger partial charge in [0.15, 0.2) is 0 Å². The summed E-state index contributed by atoms with van der Waals surface area (Å²) in [5.41, 5.74) is 1.02. The van der Waals surface area contributed by atoms with Crippen LogP contribution in [-0.4, -0.2) is 45.0 Å². The molecular weight excluding hydrogens is 308 g/mol. The number of amides is 1. The van der Waals surface area contributed by atoms with Crippen molar-refractivity contribution in [2.24, 2.45) is 0 Å². The van der Waals surface area contributed by atoms with Crippen LogP contribution in [0.15, 0.2) is 12.7 Å². The maximum Gasteiger partial charge on any atom is 0.394 e. The second-order valence-corrected chi connectivity index (χ2v) is 3.38. The summed E-state index contributed by atoms with van der Waals surface area (Å²) in [4.78, 5) is 10.9. The average molecular weight is 312 g/mol. The first kappa shape index (κ1) is 16.1. The molecule has 20 heavy (non-hydrogen) atoms. The fraction of sp³-hybridized carbons (Fsp3) is 0.571. The van der Waals surface area contributed by atoms with Crippen LogP contribution >= 0.6 is 0 Å². The molecule has 5 nitrogen and oxygen atoms in total. The lowest BCUT2D eigenvalue weighted by Gasteiger charge is -2.31. The maximum atomic E-state index is 13.0. The third-order valence-corrected chi connectivity index (χ3v) is 2.02. The van der Waals surface area contributed by atoms with E-state index in [1.165, 1.54) is 0 Å². The predicted octanol–water partition coefficient (Wildman–Crippen LogP) is 1.52. The van der Waals surface area contributed by atoms with E-state index >= 15 is 0 Å². The molecule has 114 valence electrons. The lowest BCUT2D eigenvalue weighted by atomic mass is 10.0. The Morgan fingerprint density at radius 1 is 1.05 bits per heavy atom. The van der Waals surface area contributed by atoms with Gasteiger partial charge < -0.3 is 0 Å². The molecule has 1 N–H and O–H groups in total. The van der Waals surface area contributed by atoms with Crippen molar-refractivity contribution in [3.8, 4) is 0 Å². The first-order valence-corrected chi connectivity index (χ1v) is 4.52. The highest BCUT2D eigenvalue weighted by Crippen LogP contribution is 2.48. The molecule has 1 rings (SSSR count). The molecule has 0 unspecified atom stereocenters. The number of carbonyl (C=O) groups is 1. The number of hydrogen-bond donors (Lipinski definition) is 1. The third-order valence-electron chi connectivity index (χ3n) is 2.02. The van der Waals surface area contributed by atoms with Crippen LogP contribution in [0.3, 0.4) is 0 Å². The standard InChI is InChI=1S/C7H4F8N4O/c8-3(9)5(10,11)7(14,15)6(12,13)4(20)18-19-1-16-17-2-19/h1-3H,(H,18,20). The highest BCUT2D eigenvalue weighted by molar-refractivity contribution is 5.91. The Morgan fingerprint density at radius 2 is 1.50 bits per heavy atom. The number of halogens is 8. The summed E-state index contributed by atoms with van der Waals surface area (Å²) in [6.07, 6.45) is -3.96. The number of hydrogen-bond acceptors (Lipinski definition) is 3. The Labute approximate surface area is 104 Å². The summed E-state index contributed by atoms with van der Waals surface area (Å²) in [6.45, 7) is 0. The molecule has 0 saturated heterocycles. The molecular formula is C7H4F8N4O. The van der Waals surface area contributed by atoms with E-state index in [4.69, 9.17) is 0 Å². The zero-order valence-electron chi connectivity index (χ0n) is 9.01. The molecule has 1 aromatic heterocycles. The van der Waals surface area contributed by atoms with E-state index < -0.39 is 30.1 Å². The molecule has 0 aliphatic heterocycles. The monoisotopic (exact) mass is 312 g/mol. The number of rotatable bonds is 5. The smallest absolute Gasteiger partial charge is 0.266 e. The zero-order valence-corrected chi connectivity index (χ0v) is 9.01. The minimum atomic E-state index is -6.60. The molecule has 0 bridgehead atoms. The van der Waals surface area contributed by atoms with Crippen LogP contribution < -0.4 is 5.43 Å². The van der Waals surface area contributed by atoms with Gasteiger partial charge >= 0.3 is 30.1 Å². The summed E-state index contributed by atoms with van der Waals surface area (Å²) in [6, 6.07) is 0. The molecule has 0 atom stereocenters. The molecule has 0 fully saturated rings. The largest absolute Gasteiger partial charge is 0.394 e. The van der Waals surface area contributed by atoms with Crippen LogP contribution in [0.25, 0.3) is 0 Å².